The van der Waals surface area contributed by atoms with Crippen LogP contribution in [-0.4, -0.2) is 35.3 Å². The Morgan fingerprint density at radius 1 is 1.07 bits per heavy atom. The van der Waals surface area contributed by atoms with Crippen molar-refractivity contribution in [2.24, 2.45) is 0 Å². The number of hydrogen-bond donors (Lipinski definition) is 1. The number of nitrogens with one attached hydrogen (secondary N) is 1. The smallest absolute Gasteiger partial charge is 0.256 e. The van der Waals surface area contributed by atoms with Gasteiger partial charge in [-0.1, -0.05) is 53.5 Å². The van der Waals surface area contributed by atoms with Crippen LogP contribution >= 0.6 is 23.2 Å². The van der Waals surface area contributed by atoms with Gasteiger partial charge in [-0.3, -0.25) is 9.59 Å². The second-order valence-electron chi connectivity index (χ2n) is 7.15. The molecule has 2 aromatic carbocycles. The van der Waals surface area contributed by atoms with Crippen LogP contribution in [0.1, 0.15) is 41.1 Å². The van der Waals surface area contributed by atoms with E-state index in [1.54, 1.807) is 23.1 Å². The largest absolute Gasteiger partial charge is 0.351 e. The van der Waals surface area contributed by atoms with Crippen LogP contribution in [0.3, 0.4) is 0 Å². The second kappa shape index (κ2) is 7.53. The van der Waals surface area contributed by atoms with E-state index in [-0.39, 0.29) is 17.9 Å². The first-order valence-electron chi connectivity index (χ1n) is 9.16. The molecule has 1 N–H and O–H groups in total. The molecule has 140 valence electrons. The van der Waals surface area contributed by atoms with Crippen LogP contribution in [0.25, 0.3) is 0 Å². The van der Waals surface area contributed by atoms with Crippen molar-refractivity contribution in [3.05, 3.63) is 69.7 Å². The molecule has 1 heterocycles. The Morgan fingerprint density at radius 2 is 1.85 bits per heavy atom. The summed E-state index contributed by atoms with van der Waals surface area (Å²) in [6, 6.07) is 14.7. The Kier molecular flexibility index (Phi) is 5.11. The van der Waals surface area contributed by atoms with Crippen LogP contribution in [0, 0.1) is 0 Å². The maximum absolute atomic E-state index is 12.9. The minimum absolute atomic E-state index is 0.0811. The average Bonchev–Trinajstić information content (AvgIpc) is 3.26. The minimum Gasteiger partial charge on any atom is -0.351 e. The molecule has 1 aliphatic heterocycles. The van der Waals surface area contributed by atoms with Gasteiger partial charge in [-0.15, -0.1) is 0 Å². The summed E-state index contributed by atoms with van der Waals surface area (Å²) < 4.78 is 0. The van der Waals surface area contributed by atoms with E-state index in [0.29, 0.717) is 34.5 Å². The number of carbonyl (C=O) groups is 2. The highest BCUT2D eigenvalue weighted by atomic mass is 35.5. The van der Waals surface area contributed by atoms with Gasteiger partial charge in [-0.05, 0) is 43.0 Å². The number of rotatable bonds is 4. The monoisotopic (exact) mass is 402 g/mol. The Morgan fingerprint density at radius 3 is 2.63 bits per heavy atom. The third-order valence-electron chi connectivity index (χ3n) is 5.32. The Hall–Kier alpha value is -2.04. The van der Waals surface area contributed by atoms with Gasteiger partial charge in [0.25, 0.3) is 5.91 Å². The lowest BCUT2D eigenvalue weighted by molar-refractivity contribution is -0.125. The summed E-state index contributed by atoms with van der Waals surface area (Å²) in [6.07, 6.45) is 2.41. The highest BCUT2D eigenvalue weighted by Gasteiger charge is 2.42. The van der Waals surface area contributed by atoms with Crippen LogP contribution < -0.4 is 5.32 Å². The average molecular weight is 403 g/mol. The number of halogens is 2. The molecule has 3 atom stereocenters. The predicted octanol–water partition coefficient (Wildman–Crippen LogP) is 4.27. The molecule has 2 fully saturated rings. The molecular formula is C21H20Cl2N2O2. The molecule has 6 heteroatoms. The first kappa shape index (κ1) is 18.3. The molecule has 1 saturated heterocycles. The summed E-state index contributed by atoms with van der Waals surface area (Å²) in [7, 11) is 0. The molecule has 0 spiro atoms. The molecule has 2 aromatic rings. The summed E-state index contributed by atoms with van der Waals surface area (Å²) in [5.41, 5.74) is 1.59. The van der Waals surface area contributed by atoms with Gasteiger partial charge in [-0.25, -0.2) is 0 Å². The fourth-order valence-electron chi connectivity index (χ4n) is 3.80. The number of nitrogens with zero attached hydrogens (tertiary/aromatic N) is 1. The van der Waals surface area contributed by atoms with E-state index < -0.39 is 6.04 Å². The molecule has 0 bridgehead atoms. The van der Waals surface area contributed by atoms with Crippen LogP contribution in [0.4, 0.5) is 0 Å². The molecule has 4 rings (SSSR count). The van der Waals surface area contributed by atoms with Gasteiger partial charge in [0.05, 0.1) is 10.6 Å². The lowest BCUT2D eigenvalue weighted by Gasteiger charge is -2.24. The van der Waals surface area contributed by atoms with Crippen molar-refractivity contribution < 1.29 is 9.59 Å². The first-order chi connectivity index (χ1) is 13.0. The number of benzene rings is 2. The number of likely N-dealkylation sites (tertiary alicyclic amines) is 1. The third-order valence-corrected chi connectivity index (χ3v) is 5.89. The first-order valence-corrected chi connectivity index (χ1v) is 9.91. The van der Waals surface area contributed by atoms with E-state index in [4.69, 9.17) is 23.2 Å². The maximum atomic E-state index is 12.9. The Bertz CT molecular complexity index is 872. The second-order valence-corrected chi connectivity index (χ2v) is 7.99. The summed E-state index contributed by atoms with van der Waals surface area (Å²) in [5, 5.41) is 3.91. The topological polar surface area (TPSA) is 49.4 Å². The quantitative estimate of drug-likeness (QED) is 0.829. The third kappa shape index (κ3) is 3.83. The van der Waals surface area contributed by atoms with Crippen molar-refractivity contribution in [1.82, 2.24) is 10.2 Å². The van der Waals surface area contributed by atoms with Crippen molar-refractivity contribution in [1.29, 1.82) is 0 Å². The standard InChI is InChI=1S/C21H20Cl2N2O2/c22-14-8-9-17(23)16(11-14)21(27)25-10-4-7-19(25)20(26)24-18-12-15(18)13-5-2-1-3-6-13/h1-3,5-6,8-9,11,15,18-19H,4,7,10,12H2,(H,24,26). The van der Waals surface area contributed by atoms with Crippen molar-refractivity contribution >= 4 is 35.0 Å². The highest BCUT2D eigenvalue weighted by Crippen LogP contribution is 2.41. The summed E-state index contributed by atoms with van der Waals surface area (Å²) in [4.78, 5) is 27.3. The van der Waals surface area contributed by atoms with Gasteiger partial charge in [0, 0.05) is 23.5 Å². The lowest BCUT2D eigenvalue weighted by Crippen LogP contribution is -2.46. The van der Waals surface area contributed by atoms with E-state index >= 15 is 0 Å². The molecule has 2 amide bonds. The Balaban J connectivity index is 1.43. The van der Waals surface area contributed by atoms with Crippen LogP contribution in [0.5, 0.6) is 0 Å². The van der Waals surface area contributed by atoms with Gasteiger partial charge in [0.15, 0.2) is 0 Å². The van der Waals surface area contributed by atoms with E-state index in [0.717, 1.165) is 12.8 Å². The SMILES string of the molecule is O=C(NC1CC1c1ccccc1)C1CCCN1C(=O)c1cc(Cl)ccc1Cl. The lowest BCUT2D eigenvalue weighted by atomic mass is 10.1. The minimum atomic E-state index is -0.454. The maximum Gasteiger partial charge on any atom is 0.256 e. The van der Waals surface area contributed by atoms with Gasteiger partial charge in [0.2, 0.25) is 5.91 Å². The summed E-state index contributed by atoms with van der Waals surface area (Å²) in [5.74, 6) is 0.0427. The summed E-state index contributed by atoms with van der Waals surface area (Å²) in [6.45, 7) is 0.548. The number of carbonyl (C=O) groups excluding carboxylic acids is 2. The molecule has 1 saturated carbocycles. The van der Waals surface area contributed by atoms with E-state index in [2.05, 4.69) is 17.4 Å². The van der Waals surface area contributed by atoms with Gasteiger partial charge in [0.1, 0.15) is 6.04 Å². The zero-order valence-corrected chi connectivity index (χ0v) is 16.2. The van der Waals surface area contributed by atoms with Crippen molar-refractivity contribution in [3.8, 4) is 0 Å². The van der Waals surface area contributed by atoms with E-state index in [9.17, 15) is 9.59 Å². The van der Waals surface area contributed by atoms with Crippen molar-refractivity contribution in [2.75, 3.05) is 6.54 Å². The van der Waals surface area contributed by atoms with Gasteiger partial charge < -0.3 is 10.2 Å². The van der Waals surface area contributed by atoms with Crippen molar-refractivity contribution in [2.45, 2.75) is 37.3 Å². The van der Waals surface area contributed by atoms with Gasteiger partial charge in [-0.2, -0.15) is 0 Å². The fourth-order valence-corrected chi connectivity index (χ4v) is 4.17. The fraction of sp³-hybridized carbons (Fsp3) is 0.333. The van der Waals surface area contributed by atoms with Crippen LogP contribution in [-0.2, 0) is 4.79 Å². The number of amides is 2. The van der Waals surface area contributed by atoms with Crippen LogP contribution in [0.2, 0.25) is 10.0 Å². The molecule has 2 aliphatic rings. The molecule has 1 aliphatic carbocycles. The van der Waals surface area contributed by atoms with Crippen LogP contribution in [0.15, 0.2) is 48.5 Å². The molecular weight excluding hydrogens is 383 g/mol. The normalized spacial score (nSPS) is 23.9. The van der Waals surface area contributed by atoms with Crippen molar-refractivity contribution in [3.63, 3.8) is 0 Å². The molecule has 4 nitrogen and oxygen atoms in total. The zero-order valence-electron chi connectivity index (χ0n) is 14.7. The molecule has 27 heavy (non-hydrogen) atoms. The zero-order chi connectivity index (χ0) is 19.0. The molecule has 3 unspecified atom stereocenters. The predicted molar refractivity (Wildman–Crippen MR) is 106 cm³/mol. The van der Waals surface area contributed by atoms with E-state index in [1.165, 1.54) is 5.56 Å². The number of hydrogen-bond acceptors (Lipinski definition) is 2. The van der Waals surface area contributed by atoms with Gasteiger partial charge >= 0.3 is 0 Å². The molecule has 0 radical (unpaired) electrons. The Labute approximate surface area is 168 Å². The molecule has 0 aromatic heterocycles. The highest BCUT2D eigenvalue weighted by molar-refractivity contribution is 6.35. The summed E-state index contributed by atoms with van der Waals surface area (Å²) >= 11 is 12.2. The van der Waals surface area contributed by atoms with E-state index in [1.807, 2.05) is 18.2 Å².